The molecule has 2 aliphatic heterocycles. The molecule has 0 aliphatic carbocycles. The average molecular weight is 532 g/mol. The highest BCUT2D eigenvalue weighted by Gasteiger charge is 2.44. The first kappa shape index (κ1) is 24.7. The number of methoxy groups -OCH3 is 1. The van der Waals surface area contributed by atoms with Gasteiger partial charge in [0.05, 0.1) is 36.3 Å². The molecule has 1 unspecified atom stereocenters. The van der Waals surface area contributed by atoms with Gasteiger partial charge in [-0.3, -0.25) is 14.0 Å². The summed E-state index contributed by atoms with van der Waals surface area (Å²) in [5.41, 5.74) is 6.24. The van der Waals surface area contributed by atoms with Gasteiger partial charge in [0.25, 0.3) is 0 Å². The van der Waals surface area contributed by atoms with E-state index in [2.05, 4.69) is 21.8 Å². The van der Waals surface area contributed by atoms with Crippen LogP contribution in [0.4, 0.5) is 0 Å². The molecule has 0 saturated carbocycles. The van der Waals surface area contributed by atoms with Gasteiger partial charge in [-0.25, -0.2) is 4.98 Å². The Bertz CT molecular complexity index is 1540. The van der Waals surface area contributed by atoms with Gasteiger partial charge in [0.15, 0.2) is 0 Å². The quantitative estimate of drug-likeness (QED) is 0.338. The Kier molecular flexibility index (Phi) is 6.04. The first-order chi connectivity index (χ1) is 18.3. The SMILES string of the molecule is COc1cc2c(cc1-c1ccn(C)n1)-n1c(-c3cccc(Cl)c3)nc(C3OCCN(C=O)C3(C)C)c1CC2. The maximum atomic E-state index is 11.9. The maximum absolute atomic E-state index is 11.9. The Morgan fingerprint density at radius 1 is 1.18 bits per heavy atom. The van der Waals surface area contributed by atoms with Crippen LogP contribution in [-0.4, -0.2) is 56.4 Å². The number of aryl methyl sites for hydroxylation is 2. The van der Waals surface area contributed by atoms with E-state index in [1.54, 1.807) is 11.8 Å². The van der Waals surface area contributed by atoms with E-state index in [1.165, 1.54) is 5.56 Å². The topological polar surface area (TPSA) is 74.4 Å². The van der Waals surface area contributed by atoms with Crippen molar-refractivity contribution < 1.29 is 14.3 Å². The average Bonchev–Trinajstić information content (AvgIpc) is 3.51. The van der Waals surface area contributed by atoms with E-state index in [-0.39, 0.29) is 6.10 Å². The molecule has 8 nitrogen and oxygen atoms in total. The van der Waals surface area contributed by atoms with Crippen LogP contribution in [0.2, 0.25) is 5.02 Å². The number of carbonyl (C=O) groups is 1. The minimum Gasteiger partial charge on any atom is -0.496 e. The molecule has 4 heterocycles. The Hall–Kier alpha value is -3.62. The zero-order chi connectivity index (χ0) is 26.6. The fourth-order valence-electron chi connectivity index (χ4n) is 5.71. The van der Waals surface area contributed by atoms with Gasteiger partial charge in [-0.1, -0.05) is 23.7 Å². The summed E-state index contributed by atoms with van der Waals surface area (Å²) in [6.45, 7) is 5.09. The lowest BCUT2D eigenvalue weighted by Crippen LogP contribution is -2.54. The van der Waals surface area contributed by atoms with Crippen molar-refractivity contribution >= 4 is 18.0 Å². The van der Waals surface area contributed by atoms with Gasteiger partial charge in [-0.15, -0.1) is 0 Å². The minimum absolute atomic E-state index is 0.370. The predicted molar refractivity (Wildman–Crippen MR) is 146 cm³/mol. The third-order valence-electron chi connectivity index (χ3n) is 7.72. The Balaban J connectivity index is 1.60. The van der Waals surface area contributed by atoms with Crippen LogP contribution >= 0.6 is 11.6 Å². The third kappa shape index (κ3) is 3.90. The van der Waals surface area contributed by atoms with Crippen molar-refractivity contribution in [2.75, 3.05) is 20.3 Å². The number of nitrogens with zero attached hydrogens (tertiary/aromatic N) is 5. The number of halogens is 1. The highest BCUT2D eigenvalue weighted by atomic mass is 35.5. The molecule has 0 N–H and O–H groups in total. The molecule has 0 spiro atoms. The highest BCUT2D eigenvalue weighted by molar-refractivity contribution is 6.30. The molecule has 0 radical (unpaired) electrons. The number of benzene rings is 2. The summed E-state index contributed by atoms with van der Waals surface area (Å²) in [6, 6.07) is 14.0. The van der Waals surface area contributed by atoms with Crippen LogP contribution in [0, 0.1) is 0 Å². The number of aromatic nitrogens is 4. The number of ether oxygens (including phenoxy) is 2. The number of hydrogen-bond donors (Lipinski definition) is 0. The molecule has 2 aromatic heterocycles. The molecule has 9 heteroatoms. The summed E-state index contributed by atoms with van der Waals surface area (Å²) in [6.07, 6.45) is 4.07. The molecule has 1 saturated heterocycles. The Morgan fingerprint density at radius 3 is 2.74 bits per heavy atom. The highest BCUT2D eigenvalue weighted by Crippen LogP contribution is 2.44. The maximum Gasteiger partial charge on any atom is 0.210 e. The lowest BCUT2D eigenvalue weighted by atomic mass is 9.88. The molecule has 2 aliphatic rings. The number of carbonyl (C=O) groups excluding carboxylic acids is 1. The van der Waals surface area contributed by atoms with Gasteiger partial charge in [-0.2, -0.15) is 5.10 Å². The van der Waals surface area contributed by atoms with E-state index >= 15 is 0 Å². The molecule has 196 valence electrons. The van der Waals surface area contributed by atoms with Crippen LogP contribution in [0.15, 0.2) is 48.7 Å². The summed E-state index contributed by atoms with van der Waals surface area (Å²) in [5, 5.41) is 5.28. The van der Waals surface area contributed by atoms with Crippen molar-refractivity contribution in [3.8, 4) is 34.1 Å². The zero-order valence-electron chi connectivity index (χ0n) is 21.9. The van der Waals surface area contributed by atoms with E-state index in [1.807, 2.05) is 62.3 Å². The van der Waals surface area contributed by atoms with E-state index in [4.69, 9.17) is 26.1 Å². The molecule has 0 bridgehead atoms. The van der Waals surface area contributed by atoms with Crippen LogP contribution in [0.3, 0.4) is 0 Å². The van der Waals surface area contributed by atoms with Crippen molar-refractivity contribution in [2.24, 2.45) is 7.05 Å². The monoisotopic (exact) mass is 531 g/mol. The van der Waals surface area contributed by atoms with Crippen LogP contribution in [0.5, 0.6) is 5.75 Å². The number of fused-ring (bicyclic) bond motifs is 3. The summed E-state index contributed by atoms with van der Waals surface area (Å²) >= 11 is 6.43. The van der Waals surface area contributed by atoms with Crippen molar-refractivity contribution in [3.63, 3.8) is 0 Å². The van der Waals surface area contributed by atoms with Crippen molar-refractivity contribution in [2.45, 2.75) is 38.3 Å². The van der Waals surface area contributed by atoms with Gasteiger partial charge in [-0.05, 0) is 62.6 Å². The molecular formula is C29H30ClN5O3. The first-order valence-corrected chi connectivity index (χ1v) is 13.1. The normalized spacial score (nSPS) is 18.1. The Labute approximate surface area is 226 Å². The number of amides is 1. The third-order valence-corrected chi connectivity index (χ3v) is 7.96. The lowest BCUT2D eigenvalue weighted by Gasteiger charge is -2.45. The van der Waals surface area contributed by atoms with Crippen molar-refractivity contribution in [1.29, 1.82) is 0 Å². The molecule has 2 aromatic carbocycles. The number of rotatable bonds is 5. The van der Waals surface area contributed by atoms with E-state index < -0.39 is 5.54 Å². The van der Waals surface area contributed by atoms with Gasteiger partial charge in [0.1, 0.15) is 17.7 Å². The number of morpholine rings is 1. The fraction of sp³-hybridized carbons (Fsp3) is 0.345. The van der Waals surface area contributed by atoms with Gasteiger partial charge in [0, 0.05) is 41.6 Å². The van der Waals surface area contributed by atoms with Crippen LogP contribution in [-0.2, 0) is 29.4 Å². The molecule has 1 amide bonds. The van der Waals surface area contributed by atoms with Crippen molar-refractivity contribution in [3.05, 3.63) is 70.6 Å². The predicted octanol–water partition coefficient (Wildman–Crippen LogP) is 5.01. The first-order valence-electron chi connectivity index (χ1n) is 12.7. The van der Waals surface area contributed by atoms with Gasteiger partial charge >= 0.3 is 0 Å². The Morgan fingerprint density at radius 2 is 2.03 bits per heavy atom. The summed E-state index contributed by atoms with van der Waals surface area (Å²) < 4.78 is 16.1. The smallest absolute Gasteiger partial charge is 0.210 e. The molecule has 1 atom stereocenters. The fourth-order valence-corrected chi connectivity index (χ4v) is 5.91. The van der Waals surface area contributed by atoms with E-state index in [9.17, 15) is 4.79 Å². The van der Waals surface area contributed by atoms with Crippen LogP contribution in [0.1, 0.15) is 36.9 Å². The lowest BCUT2D eigenvalue weighted by molar-refractivity contribution is -0.146. The minimum atomic E-state index is -0.555. The standard InChI is InChI=1S/C29H30ClN5O3/c1-29(2)27(38-13-12-34(29)17-36)26-23-9-8-18-15-25(37-4)21(22-10-11-33(3)32-22)16-24(18)35(23)28(31-26)19-6-5-7-20(30)14-19/h5-7,10-11,14-17,27H,8-9,12-13H2,1-4H3. The molecule has 4 aromatic rings. The number of hydrogen-bond acceptors (Lipinski definition) is 5. The van der Waals surface area contributed by atoms with E-state index in [0.717, 1.165) is 64.7 Å². The van der Waals surface area contributed by atoms with Crippen LogP contribution < -0.4 is 4.74 Å². The molecule has 6 rings (SSSR count). The largest absolute Gasteiger partial charge is 0.496 e. The summed E-state index contributed by atoms with van der Waals surface area (Å²) in [4.78, 5) is 19.0. The molecule has 38 heavy (non-hydrogen) atoms. The van der Waals surface area contributed by atoms with Gasteiger partial charge in [0.2, 0.25) is 6.41 Å². The summed E-state index contributed by atoms with van der Waals surface area (Å²) in [7, 11) is 3.59. The molecule has 1 fully saturated rings. The van der Waals surface area contributed by atoms with E-state index in [0.29, 0.717) is 18.2 Å². The van der Waals surface area contributed by atoms with Crippen LogP contribution in [0.25, 0.3) is 28.3 Å². The zero-order valence-corrected chi connectivity index (χ0v) is 22.7. The second-order valence-corrected chi connectivity index (χ2v) is 10.8. The summed E-state index contributed by atoms with van der Waals surface area (Å²) in [5.74, 6) is 1.58. The second-order valence-electron chi connectivity index (χ2n) is 10.4. The van der Waals surface area contributed by atoms with Gasteiger partial charge < -0.3 is 14.4 Å². The number of imidazole rings is 1. The van der Waals surface area contributed by atoms with Crippen molar-refractivity contribution in [1.82, 2.24) is 24.2 Å². The molecular weight excluding hydrogens is 502 g/mol. The second kappa shape index (κ2) is 9.29.